The van der Waals surface area contributed by atoms with E-state index in [-0.39, 0.29) is 30.1 Å². The van der Waals surface area contributed by atoms with Gasteiger partial charge in [-0.1, -0.05) is 39.0 Å². The average Bonchev–Trinajstić information content (AvgIpc) is 3.05. The van der Waals surface area contributed by atoms with Crippen LogP contribution in [0.1, 0.15) is 64.8 Å². The third-order valence-corrected chi connectivity index (χ3v) is 6.30. The number of hydrogen-bond acceptors (Lipinski definition) is 5. The number of aryl methyl sites for hydroxylation is 1. The largest absolute Gasteiger partial charge is 0.339 e. The van der Waals surface area contributed by atoms with Crippen LogP contribution < -0.4 is 5.32 Å². The van der Waals surface area contributed by atoms with Crippen LogP contribution in [0.4, 0.5) is 5.13 Å². The Kier molecular flexibility index (Phi) is 4.88. The molecule has 1 aromatic rings. The molecule has 1 aliphatic heterocycles. The Morgan fingerprint density at radius 1 is 1.24 bits per heavy atom. The molecule has 0 spiro atoms. The van der Waals surface area contributed by atoms with Crippen LogP contribution in [0.3, 0.4) is 0 Å². The van der Waals surface area contributed by atoms with Gasteiger partial charge in [0.1, 0.15) is 5.01 Å². The van der Waals surface area contributed by atoms with Crippen LogP contribution in [-0.2, 0) is 16.0 Å². The van der Waals surface area contributed by atoms with Crippen molar-refractivity contribution in [3.8, 4) is 0 Å². The first-order valence-corrected chi connectivity index (χ1v) is 9.93. The molecule has 1 saturated carbocycles. The summed E-state index contributed by atoms with van der Waals surface area (Å²) in [5.74, 6) is -0.0612. The molecule has 2 aliphatic rings. The highest BCUT2D eigenvalue weighted by Crippen LogP contribution is 2.52. The van der Waals surface area contributed by atoms with Crippen molar-refractivity contribution in [1.29, 1.82) is 0 Å². The lowest BCUT2D eigenvalue weighted by atomic mass is 9.65. The maximum Gasteiger partial charge on any atom is 0.226 e. The van der Waals surface area contributed by atoms with Crippen LogP contribution in [0.25, 0.3) is 0 Å². The molecule has 25 heavy (non-hydrogen) atoms. The van der Waals surface area contributed by atoms with Gasteiger partial charge in [0, 0.05) is 25.4 Å². The predicted octanol–water partition coefficient (Wildman–Crippen LogP) is 3.25. The molecule has 138 valence electrons. The third kappa shape index (κ3) is 4.19. The molecule has 0 radical (unpaired) electrons. The highest BCUT2D eigenvalue weighted by molar-refractivity contribution is 7.15. The van der Waals surface area contributed by atoms with Crippen molar-refractivity contribution in [3.63, 3.8) is 0 Å². The van der Waals surface area contributed by atoms with Gasteiger partial charge in [-0.25, -0.2) is 0 Å². The Labute approximate surface area is 153 Å². The number of fused-ring (bicyclic) bond motifs is 2. The Hall–Kier alpha value is -1.50. The van der Waals surface area contributed by atoms with Crippen LogP contribution in [0.15, 0.2) is 0 Å². The Bertz CT molecular complexity index is 672. The van der Waals surface area contributed by atoms with E-state index in [4.69, 9.17) is 0 Å². The summed E-state index contributed by atoms with van der Waals surface area (Å²) in [7, 11) is 0. The van der Waals surface area contributed by atoms with E-state index in [1.165, 1.54) is 11.3 Å². The van der Waals surface area contributed by atoms with Crippen molar-refractivity contribution >= 4 is 28.3 Å². The second-order valence-electron chi connectivity index (χ2n) is 8.64. The zero-order valence-corrected chi connectivity index (χ0v) is 16.4. The second kappa shape index (κ2) is 6.67. The molecule has 7 heteroatoms. The number of carbonyl (C=O) groups excluding carboxylic acids is 2. The van der Waals surface area contributed by atoms with Crippen LogP contribution in [0.5, 0.6) is 0 Å². The van der Waals surface area contributed by atoms with Crippen LogP contribution in [0.2, 0.25) is 0 Å². The molecular weight excluding hydrogens is 336 g/mol. The number of nitrogens with zero attached hydrogens (tertiary/aromatic N) is 3. The molecule has 6 nitrogen and oxygen atoms in total. The van der Waals surface area contributed by atoms with Crippen molar-refractivity contribution < 1.29 is 9.59 Å². The van der Waals surface area contributed by atoms with Crippen molar-refractivity contribution in [2.45, 2.75) is 72.3 Å². The highest BCUT2D eigenvalue weighted by Gasteiger charge is 2.50. The van der Waals surface area contributed by atoms with Gasteiger partial charge in [-0.05, 0) is 36.5 Å². The van der Waals surface area contributed by atoms with Crippen LogP contribution in [0, 0.1) is 10.8 Å². The minimum absolute atomic E-state index is 0.105. The fourth-order valence-corrected chi connectivity index (χ4v) is 5.44. The van der Waals surface area contributed by atoms with Gasteiger partial charge < -0.3 is 10.2 Å². The van der Waals surface area contributed by atoms with Gasteiger partial charge in [-0.3, -0.25) is 9.59 Å². The molecule has 2 atom stereocenters. The zero-order valence-electron chi connectivity index (χ0n) is 15.6. The SMILES string of the molecule is CCc1nnc(NC(=O)CCC(=O)N2C[C@@]3(C)C[C@H]2CC(C)(C)C3)s1. The van der Waals surface area contributed by atoms with Gasteiger partial charge in [0.25, 0.3) is 0 Å². The Balaban J connectivity index is 1.52. The summed E-state index contributed by atoms with van der Waals surface area (Å²) in [6.45, 7) is 9.72. The van der Waals surface area contributed by atoms with E-state index in [2.05, 4.69) is 36.3 Å². The number of likely N-dealkylation sites (tertiary alicyclic amines) is 1. The van der Waals surface area contributed by atoms with E-state index in [1.54, 1.807) is 0 Å². The molecule has 2 amide bonds. The van der Waals surface area contributed by atoms with Crippen molar-refractivity contribution in [2.75, 3.05) is 11.9 Å². The summed E-state index contributed by atoms with van der Waals surface area (Å²) in [6.07, 6.45) is 4.58. The van der Waals surface area contributed by atoms with Gasteiger partial charge >= 0.3 is 0 Å². The first-order chi connectivity index (χ1) is 11.7. The number of aromatic nitrogens is 2. The predicted molar refractivity (Wildman–Crippen MR) is 98.4 cm³/mol. The van der Waals surface area contributed by atoms with E-state index in [0.717, 1.165) is 37.2 Å². The van der Waals surface area contributed by atoms with E-state index in [9.17, 15) is 9.59 Å². The number of hydrogen-bond donors (Lipinski definition) is 1. The molecule has 2 fully saturated rings. The molecule has 1 aromatic heterocycles. The zero-order chi connectivity index (χ0) is 18.2. The minimum atomic E-state index is -0.166. The minimum Gasteiger partial charge on any atom is -0.339 e. The number of carbonyl (C=O) groups is 2. The normalized spacial score (nSPS) is 27.4. The maximum absolute atomic E-state index is 12.7. The first kappa shape index (κ1) is 18.3. The highest BCUT2D eigenvalue weighted by atomic mass is 32.1. The quantitative estimate of drug-likeness (QED) is 0.870. The summed E-state index contributed by atoms with van der Waals surface area (Å²) in [5, 5.41) is 12.1. The average molecular weight is 365 g/mol. The van der Waals surface area contributed by atoms with Gasteiger partial charge in [-0.2, -0.15) is 0 Å². The molecule has 1 N–H and O–H groups in total. The lowest BCUT2D eigenvalue weighted by Crippen LogP contribution is -2.38. The van der Waals surface area contributed by atoms with Gasteiger partial charge in [0.2, 0.25) is 16.9 Å². The number of anilines is 1. The molecule has 2 heterocycles. The smallest absolute Gasteiger partial charge is 0.226 e. The maximum atomic E-state index is 12.7. The second-order valence-corrected chi connectivity index (χ2v) is 9.70. The van der Waals surface area contributed by atoms with Crippen molar-refractivity contribution in [3.05, 3.63) is 5.01 Å². The molecule has 1 aliphatic carbocycles. The van der Waals surface area contributed by atoms with E-state index in [0.29, 0.717) is 16.6 Å². The van der Waals surface area contributed by atoms with Gasteiger partial charge in [-0.15, -0.1) is 10.2 Å². The number of amides is 2. The van der Waals surface area contributed by atoms with Crippen LogP contribution in [-0.4, -0.2) is 39.5 Å². The first-order valence-electron chi connectivity index (χ1n) is 9.11. The van der Waals surface area contributed by atoms with E-state index < -0.39 is 0 Å². The number of nitrogens with one attached hydrogen (secondary N) is 1. The molecule has 2 bridgehead atoms. The third-order valence-electron chi connectivity index (χ3n) is 5.32. The number of rotatable bonds is 5. The van der Waals surface area contributed by atoms with Gasteiger partial charge in [0.05, 0.1) is 0 Å². The monoisotopic (exact) mass is 364 g/mol. The topological polar surface area (TPSA) is 75.2 Å². The Morgan fingerprint density at radius 2 is 2.00 bits per heavy atom. The summed E-state index contributed by atoms with van der Waals surface area (Å²) >= 11 is 1.38. The molecule has 0 unspecified atom stereocenters. The standard InChI is InChI=1S/C18H28N4O2S/c1-5-14-20-21-16(25-14)19-13(23)6-7-15(24)22-11-18(4)9-12(22)8-17(2,3)10-18/h12H,5-11H2,1-4H3,(H,19,21,23)/t12-,18+/m1/s1. The van der Waals surface area contributed by atoms with Crippen LogP contribution >= 0.6 is 11.3 Å². The van der Waals surface area contributed by atoms with E-state index >= 15 is 0 Å². The summed E-state index contributed by atoms with van der Waals surface area (Å²) in [6, 6.07) is 0.333. The van der Waals surface area contributed by atoms with E-state index in [1.807, 2.05) is 11.8 Å². The summed E-state index contributed by atoms with van der Waals surface area (Å²) in [4.78, 5) is 26.8. The van der Waals surface area contributed by atoms with Crippen molar-refractivity contribution in [2.24, 2.45) is 10.8 Å². The Morgan fingerprint density at radius 3 is 2.68 bits per heavy atom. The lowest BCUT2D eigenvalue weighted by molar-refractivity contribution is -0.133. The summed E-state index contributed by atoms with van der Waals surface area (Å²) < 4.78 is 0. The molecule has 1 saturated heterocycles. The fourth-order valence-electron chi connectivity index (χ4n) is 4.74. The summed E-state index contributed by atoms with van der Waals surface area (Å²) in [5.41, 5.74) is 0.520. The lowest BCUT2D eigenvalue weighted by Gasteiger charge is -2.39. The molecule has 3 rings (SSSR count). The molecule has 0 aromatic carbocycles. The fraction of sp³-hybridized carbons (Fsp3) is 0.778. The van der Waals surface area contributed by atoms with Gasteiger partial charge in [0.15, 0.2) is 0 Å². The molecular formula is C18H28N4O2S. The van der Waals surface area contributed by atoms with Crippen molar-refractivity contribution in [1.82, 2.24) is 15.1 Å².